The van der Waals surface area contributed by atoms with Crippen molar-refractivity contribution in [3.63, 3.8) is 0 Å². The fourth-order valence-electron chi connectivity index (χ4n) is 4.33. The van der Waals surface area contributed by atoms with Crippen LogP contribution in [0.1, 0.15) is 0 Å². The second-order valence-electron chi connectivity index (χ2n) is 7.44. The number of hydrogen-bond acceptors (Lipinski definition) is 3. The van der Waals surface area contributed by atoms with E-state index in [1.807, 2.05) is 29.5 Å². The molecule has 0 bridgehead atoms. The maximum absolute atomic E-state index is 11.4. The van der Waals surface area contributed by atoms with Gasteiger partial charge in [-0.3, -0.25) is 10.1 Å². The van der Waals surface area contributed by atoms with E-state index in [4.69, 9.17) is 0 Å². The first-order valence-electron chi connectivity index (χ1n) is 9.71. The minimum absolute atomic E-state index is 0.129. The van der Waals surface area contributed by atoms with E-state index in [-0.39, 0.29) is 10.6 Å². The molecule has 0 N–H and O–H groups in total. The summed E-state index contributed by atoms with van der Waals surface area (Å²) in [4.78, 5) is 11.1. The molecule has 0 aliphatic carbocycles. The fraction of sp³-hybridized carbons (Fsp3) is 0. The topological polar surface area (TPSA) is 43.1 Å². The van der Waals surface area contributed by atoms with Gasteiger partial charge in [-0.25, -0.2) is 0 Å². The molecule has 0 radical (unpaired) electrons. The van der Waals surface area contributed by atoms with Crippen LogP contribution in [-0.2, 0) is 0 Å². The van der Waals surface area contributed by atoms with E-state index < -0.39 is 0 Å². The molecule has 6 rings (SSSR count). The van der Waals surface area contributed by atoms with Crippen molar-refractivity contribution >= 4 is 58.7 Å². The number of rotatable bonds is 2. The van der Waals surface area contributed by atoms with E-state index in [1.54, 1.807) is 18.2 Å². The zero-order valence-corrected chi connectivity index (χ0v) is 16.6. The monoisotopic (exact) mass is 405 g/mol. The lowest BCUT2D eigenvalue weighted by Crippen LogP contribution is -1.91. The van der Waals surface area contributed by atoms with Gasteiger partial charge in [-0.05, 0) is 57.4 Å². The lowest BCUT2D eigenvalue weighted by atomic mass is 9.96. The summed E-state index contributed by atoms with van der Waals surface area (Å²) < 4.78 is 2.59. The van der Waals surface area contributed by atoms with Gasteiger partial charge in [0.15, 0.2) is 0 Å². The lowest BCUT2D eigenvalue weighted by Gasteiger charge is -2.08. The van der Waals surface area contributed by atoms with Crippen LogP contribution in [0.3, 0.4) is 0 Å². The number of nitro groups is 1. The second-order valence-corrected chi connectivity index (χ2v) is 8.53. The molecular weight excluding hydrogens is 390 g/mol. The van der Waals surface area contributed by atoms with E-state index in [0.717, 1.165) is 16.3 Å². The average molecular weight is 405 g/mol. The fourth-order valence-corrected chi connectivity index (χ4v) is 5.46. The van der Waals surface area contributed by atoms with Gasteiger partial charge in [-0.15, -0.1) is 11.3 Å². The van der Waals surface area contributed by atoms with Crippen LogP contribution in [0.15, 0.2) is 91.0 Å². The minimum atomic E-state index is -0.321. The molecule has 0 saturated heterocycles. The molecule has 4 heteroatoms. The van der Waals surface area contributed by atoms with Crippen molar-refractivity contribution in [3.8, 4) is 11.1 Å². The SMILES string of the molecule is O=[N+]([O-])c1ccccc1-c1ccc2c(ccc3cc4sc5ccccc5c4cc32)c1. The summed E-state index contributed by atoms with van der Waals surface area (Å²) in [5.74, 6) is 0. The highest BCUT2D eigenvalue weighted by Gasteiger charge is 2.15. The first-order chi connectivity index (χ1) is 14.7. The Morgan fingerprint density at radius 3 is 2.27 bits per heavy atom. The Morgan fingerprint density at radius 2 is 1.40 bits per heavy atom. The summed E-state index contributed by atoms with van der Waals surface area (Å²) in [7, 11) is 0. The quantitative estimate of drug-likeness (QED) is 0.167. The Balaban J connectivity index is 1.62. The van der Waals surface area contributed by atoms with Crippen LogP contribution in [0, 0.1) is 10.1 Å². The zero-order chi connectivity index (χ0) is 20.2. The highest BCUT2D eigenvalue weighted by Crippen LogP contribution is 2.39. The molecule has 0 spiro atoms. The molecule has 0 aliphatic rings. The van der Waals surface area contributed by atoms with Gasteiger partial charge in [-0.1, -0.05) is 54.6 Å². The first kappa shape index (κ1) is 17.1. The number of para-hydroxylation sites is 1. The molecule has 0 fully saturated rings. The molecule has 5 aromatic carbocycles. The molecule has 0 amide bonds. The third-order valence-electron chi connectivity index (χ3n) is 5.74. The van der Waals surface area contributed by atoms with Crippen LogP contribution in [0.4, 0.5) is 5.69 Å². The maximum Gasteiger partial charge on any atom is 0.277 e. The summed E-state index contributed by atoms with van der Waals surface area (Å²) in [6.45, 7) is 0. The van der Waals surface area contributed by atoms with Crippen molar-refractivity contribution in [2.24, 2.45) is 0 Å². The summed E-state index contributed by atoms with van der Waals surface area (Å²) in [5.41, 5.74) is 1.63. The summed E-state index contributed by atoms with van der Waals surface area (Å²) >= 11 is 1.82. The second kappa shape index (κ2) is 6.37. The lowest BCUT2D eigenvalue weighted by molar-refractivity contribution is -0.384. The van der Waals surface area contributed by atoms with Crippen LogP contribution < -0.4 is 0 Å². The van der Waals surface area contributed by atoms with Crippen molar-refractivity contribution < 1.29 is 4.92 Å². The molecule has 0 saturated carbocycles. The predicted octanol–water partition coefficient (Wildman–Crippen LogP) is 7.94. The molecular formula is C26H15NO2S. The van der Waals surface area contributed by atoms with Gasteiger partial charge in [0.25, 0.3) is 5.69 Å². The number of thiophene rings is 1. The normalized spacial score (nSPS) is 11.6. The van der Waals surface area contributed by atoms with Gasteiger partial charge in [0.2, 0.25) is 0 Å². The summed E-state index contributed by atoms with van der Waals surface area (Å²) in [6, 6.07) is 30.3. The van der Waals surface area contributed by atoms with Gasteiger partial charge < -0.3 is 0 Å². The van der Waals surface area contributed by atoms with Crippen molar-refractivity contribution in [1.82, 2.24) is 0 Å². The van der Waals surface area contributed by atoms with E-state index in [2.05, 4.69) is 54.6 Å². The highest BCUT2D eigenvalue weighted by atomic mass is 32.1. The van der Waals surface area contributed by atoms with Crippen molar-refractivity contribution in [2.45, 2.75) is 0 Å². The van der Waals surface area contributed by atoms with Gasteiger partial charge in [0, 0.05) is 26.2 Å². The number of nitro benzene ring substituents is 1. The Bertz CT molecular complexity index is 1630. The maximum atomic E-state index is 11.4. The Morgan fingerprint density at radius 1 is 0.633 bits per heavy atom. The van der Waals surface area contributed by atoms with Crippen LogP contribution >= 0.6 is 11.3 Å². The molecule has 30 heavy (non-hydrogen) atoms. The minimum Gasteiger partial charge on any atom is -0.258 e. The molecule has 1 aromatic heterocycles. The Kier molecular flexibility index (Phi) is 3.64. The molecule has 0 aliphatic heterocycles. The predicted molar refractivity (Wildman–Crippen MR) is 126 cm³/mol. The van der Waals surface area contributed by atoms with Gasteiger partial charge in [-0.2, -0.15) is 0 Å². The Labute approximate surface area is 176 Å². The van der Waals surface area contributed by atoms with E-state index >= 15 is 0 Å². The van der Waals surface area contributed by atoms with E-state index in [1.165, 1.54) is 30.9 Å². The standard InChI is InChI=1S/C26H15NO2S/c28-27(29)24-7-3-1-5-20(24)17-11-12-19-16(13-17)9-10-18-14-26-23(15-22(18)19)21-6-2-4-8-25(21)30-26/h1-15H. The highest BCUT2D eigenvalue weighted by molar-refractivity contribution is 7.25. The molecule has 0 atom stereocenters. The number of fused-ring (bicyclic) bond motifs is 6. The van der Waals surface area contributed by atoms with E-state index in [0.29, 0.717) is 5.56 Å². The first-order valence-corrected chi connectivity index (χ1v) is 10.5. The molecule has 1 heterocycles. The third-order valence-corrected chi connectivity index (χ3v) is 6.88. The molecule has 6 aromatic rings. The van der Waals surface area contributed by atoms with Crippen LogP contribution in [0.25, 0.3) is 52.8 Å². The van der Waals surface area contributed by atoms with Crippen LogP contribution in [0.2, 0.25) is 0 Å². The molecule has 0 unspecified atom stereocenters. The van der Waals surface area contributed by atoms with E-state index in [9.17, 15) is 10.1 Å². The average Bonchev–Trinajstić information content (AvgIpc) is 3.14. The van der Waals surface area contributed by atoms with Crippen LogP contribution in [-0.4, -0.2) is 4.92 Å². The molecule has 142 valence electrons. The third kappa shape index (κ3) is 2.51. The Hall–Kier alpha value is -3.76. The molecule has 3 nitrogen and oxygen atoms in total. The number of nitrogens with zero attached hydrogens (tertiary/aromatic N) is 1. The van der Waals surface area contributed by atoms with Crippen LogP contribution in [0.5, 0.6) is 0 Å². The van der Waals surface area contributed by atoms with Crippen molar-refractivity contribution in [2.75, 3.05) is 0 Å². The zero-order valence-electron chi connectivity index (χ0n) is 15.8. The smallest absolute Gasteiger partial charge is 0.258 e. The summed E-state index contributed by atoms with van der Waals surface area (Å²) in [6.07, 6.45) is 0. The van der Waals surface area contributed by atoms with Gasteiger partial charge in [0.1, 0.15) is 0 Å². The van der Waals surface area contributed by atoms with Crippen molar-refractivity contribution in [1.29, 1.82) is 0 Å². The van der Waals surface area contributed by atoms with Gasteiger partial charge >= 0.3 is 0 Å². The number of hydrogen-bond donors (Lipinski definition) is 0. The van der Waals surface area contributed by atoms with Crippen molar-refractivity contribution in [3.05, 3.63) is 101 Å². The van der Waals surface area contributed by atoms with Gasteiger partial charge in [0.05, 0.1) is 10.5 Å². The number of benzene rings is 5. The largest absolute Gasteiger partial charge is 0.277 e. The summed E-state index contributed by atoms with van der Waals surface area (Å²) in [5, 5.41) is 18.7.